The third-order valence-corrected chi connectivity index (χ3v) is 2.60. The van der Waals surface area contributed by atoms with E-state index in [1.54, 1.807) is 24.3 Å². The third kappa shape index (κ3) is 4.07. The molecular formula is C16H15NO2. The molecule has 0 atom stereocenters. The van der Waals surface area contributed by atoms with Crippen LogP contribution in [0.4, 0.5) is 0 Å². The highest BCUT2D eigenvalue weighted by atomic mass is 16.7. The second-order valence-corrected chi connectivity index (χ2v) is 4.23. The van der Waals surface area contributed by atoms with E-state index < -0.39 is 5.97 Å². The van der Waals surface area contributed by atoms with Gasteiger partial charge in [0.1, 0.15) is 0 Å². The predicted molar refractivity (Wildman–Crippen MR) is 75.1 cm³/mol. The molecule has 0 aliphatic carbocycles. The molecule has 0 aromatic heterocycles. The highest BCUT2D eigenvalue weighted by molar-refractivity contribution is 5.90. The Balaban J connectivity index is 1.93. The van der Waals surface area contributed by atoms with Crippen molar-refractivity contribution in [3.63, 3.8) is 0 Å². The average molecular weight is 253 g/mol. The number of rotatable bonds is 4. The standard InChI is InChI=1S/C16H15NO2/c1-13(12-14-8-4-2-5-9-14)17-19-16(18)15-10-6-3-7-11-15/h2-11H,12H2,1H3/b17-13-. The number of nitrogens with zero attached hydrogens (tertiary/aromatic N) is 1. The van der Waals surface area contributed by atoms with Gasteiger partial charge < -0.3 is 4.84 Å². The molecule has 0 fully saturated rings. The highest BCUT2D eigenvalue weighted by Gasteiger charge is 2.05. The minimum atomic E-state index is -0.437. The quantitative estimate of drug-likeness (QED) is 0.475. The molecule has 3 heteroatoms. The SMILES string of the molecule is C/C(Cc1ccccc1)=N/OC(=O)c1ccccc1. The topological polar surface area (TPSA) is 38.7 Å². The number of hydrogen-bond donors (Lipinski definition) is 0. The van der Waals surface area contributed by atoms with E-state index in [2.05, 4.69) is 5.16 Å². The van der Waals surface area contributed by atoms with Crippen LogP contribution in [0.5, 0.6) is 0 Å². The first-order chi connectivity index (χ1) is 9.25. The fraction of sp³-hybridized carbons (Fsp3) is 0.125. The van der Waals surface area contributed by atoms with Gasteiger partial charge in [0.15, 0.2) is 0 Å². The van der Waals surface area contributed by atoms with Crippen LogP contribution in [0.1, 0.15) is 22.8 Å². The van der Waals surface area contributed by atoms with Crippen LogP contribution >= 0.6 is 0 Å². The Kier molecular flexibility index (Phi) is 4.45. The van der Waals surface area contributed by atoms with Gasteiger partial charge in [-0.3, -0.25) is 0 Å². The van der Waals surface area contributed by atoms with Crippen molar-refractivity contribution in [1.82, 2.24) is 0 Å². The van der Waals surface area contributed by atoms with E-state index in [1.165, 1.54) is 0 Å². The van der Waals surface area contributed by atoms with Gasteiger partial charge in [-0.1, -0.05) is 53.7 Å². The maximum atomic E-state index is 11.7. The average Bonchev–Trinajstić information content (AvgIpc) is 2.47. The van der Waals surface area contributed by atoms with Crippen LogP contribution in [0.3, 0.4) is 0 Å². The van der Waals surface area contributed by atoms with E-state index in [9.17, 15) is 4.79 Å². The van der Waals surface area contributed by atoms with Gasteiger partial charge in [-0.05, 0) is 24.6 Å². The zero-order valence-electron chi connectivity index (χ0n) is 10.7. The number of carbonyl (C=O) groups is 1. The first-order valence-electron chi connectivity index (χ1n) is 6.09. The van der Waals surface area contributed by atoms with Crippen molar-refractivity contribution in [3.8, 4) is 0 Å². The van der Waals surface area contributed by atoms with Crippen LogP contribution < -0.4 is 0 Å². The molecule has 0 spiro atoms. The smallest absolute Gasteiger partial charge is 0.313 e. The Labute approximate surface area is 112 Å². The fourth-order valence-corrected chi connectivity index (χ4v) is 1.67. The predicted octanol–water partition coefficient (Wildman–Crippen LogP) is 3.46. The maximum Gasteiger partial charge on any atom is 0.365 e. The lowest BCUT2D eigenvalue weighted by Crippen LogP contribution is -2.04. The molecule has 0 saturated heterocycles. The van der Waals surface area contributed by atoms with Crippen molar-refractivity contribution in [2.45, 2.75) is 13.3 Å². The largest absolute Gasteiger partial charge is 0.365 e. The van der Waals surface area contributed by atoms with E-state index in [1.807, 2.05) is 43.3 Å². The lowest BCUT2D eigenvalue weighted by molar-refractivity contribution is 0.0515. The fourth-order valence-electron chi connectivity index (χ4n) is 1.67. The molecule has 2 aromatic carbocycles. The Morgan fingerprint density at radius 2 is 1.58 bits per heavy atom. The molecule has 96 valence electrons. The summed E-state index contributed by atoms with van der Waals surface area (Å²) in [5, 5.41) is 3.86. The number of oxime groups is 1. The van der Waals surface area contributed by atoms with Gasteiger partial charge >= 0.3 is 5.97 Å². The van der Waals surface area contributed by atoms with Crippen LogP contribution in [-0.4, -0.2) is 11.7 Å². The molecule has 0 heterocycles. The van der Waals surface area contributed by atoms with E-state index in [0.717, 1.165) is 11.3 Å². The lowest BCUT2D eigenvalue weighted by atomic mass is 10.1. The van der Waals surface area contributed by atoms with Gasteiger partial charge in [0.2, 0.25) is 0 Å². The van der Waals surface area contributed by atoms with Crippen molar-refractivity contribution >= 4 is 11.7 Å². The lowest BCUT2D eigenvalue weighted by Gasteiger charge is -2.01. The number of benzene rings is 2. The molecule has 0 amide bonds. The second kappa shape index (κ2) is 6.50. The van der Waals surface area contributed by atoms with Crippen LogP contribution in [0.2, 0.25) is 0 Å². The normalized spacial score (nSPS) is 11.1. The molecule has 0 radical (unpaired) electrons. The van der Waals surface area contributed by atoms with Crippen LogP contribution in [-0.2, 0) is 11.3 Å². The summed E-state index contributed by atoms with van der Waals surface area (Å²) in [6.45, 7) is 1.84. The second-order valence-electron chi connectivity index (χ2n) is 4.23. The third-order valence-electron chi connectivity index (χ3n) is 2.60. The van der Waals surface area contributed by atoms with Crippen molar-refractivity contribution in [1.29, 1.82) is 0 Å². The maximum absolute atomic E-state index is 11.7. The summed E-state index contributed by atoms with van der Waals surface area (Å²) in [6.07, 6.45) is 0.670. The zero-order chi connectivity index (χ0) is 13.5. The van der Waals surface area contributed by atoms with Crippen molar-refractivity contribution < 1.29 is 9.63 Å². The Morgan fingerprint density at radius 3 is 2.21 bits per heavy atom. The molecular weight excluding hydrogens is 238 g/mol. The summed E-state index contributed by atoms with van der Waals surface area (Å²) >= 11 is 0. The Bertz CT molecular complexity index is 562. The van der Waals surface area contributed by atoms with Crippen LogP contribution in [0.25, 0.3) is 0 Å². The molecule has 2 aromatic rings. The molecule has 0 N–H and O–H groups in total. The summed E-state index contributed by atoms with van der Waals surface area (Å²) in [5.74, 6) is -0.437. The van der Waals surface area contributed by atoms with Crippen LogP contribution in [0, 0.1) is 0 Å². The molecule has 2 rings (SSSR count). The molecule has 0 bridgehead atoms. The van der Waals surface area contributed by atoms with Gasteiger partial charge in [0.25, 0.3) is 0 Å². The van der Waals surface area contributed by atoms with E-state index in [4.69, 9.17) is 4.84 Å². The Morgan fingerprint density at radius 1 is 1.00 bits per heavy atom. The minimum Gasteiger partial charge on any atom is -0.313 e. The number of carbonyl (C=O) groups excluding carboxylic acids is 1. The molecule has 19 heavy (non-hydrogen) atoms. The van der Waals surface area contributed by atoms with Crippen LogP contribution in [0.15, 0.2) is 65.8 Å². The van der Waals surface area contributed by atoms with Gasteiger partial charge in [0, 0.05) is 6.42 Å². The first kappa shape index (κ1) is 13.0. The number of hydrogen-bond acceptors (Lipinski definition) is 3. The van der Waals surface area contributed by atoms with Gasteiger partial charge in [-0.25, -0.2) is 4.79 Å². The monoisotopic (exact) mass is 253 g/mol. The zero-order valence-corrected chi connectivity index (χ0v) is 10.7. The van der Waals surface area contributed by atoms with Gasteiger partial charge in [-0.2, -0.15) is 0 Å². The summed E-state index contributed by atoms with van der Waals surface area (Å²) in [7, 11) is 0. The molecule has 0 aliphatic rings. The van der Waals surface area contributed by atoms with Gasteiger partial charge in [-0.15, -0.1) is 0 Å². The van der Waals surface area contributed by atoms with E-state index >= 15 is 0 Å². The first-order valence-corrected chi connectivity index (χ1v) is 6.09. The highest BCUT2D eigenvalue weighted by Crippen LogP contribution is 2.04. The summed E-state index contributed by atoms with van der Waals surface area (Å²) < 4.78 is 0. The van der Waals surface area contributed by atoms with E-state index in [0.29, 0.717) is 12.0 Å². The van der Waals surface area contributed by atoms with Crippen molar-refractivity contribution in [2.24, 2.45) is 5.16 Å². The minimum absolute atomic E-state index is 0.437. The molecule has 0 unspecified atom stereocenters. The van der Waals surface area contributed by atoms with E-state index in [-0.39, 0.29) is 0 Å². The Hall–Kier alpha value is -2.42. The van der Waals surface area contributed by atoms with Crippen molar-refractivity contribution in [2.75, 3.05) is 0 Å². The molecule has 3 nitrogen and oxygen atoms in total. The molecule has 0 saturated carbocycles. The summed E-state index contributed by atoms with van der Waals surface area (Å²) in [4.78, 5) is 16.6. The van der Waals surface area contributed by atoms with Gasteiger partial charge in [0.05, 0.1) is 11.3 Å². The van der Waals surface area contributed by atoms with Crippen molar-refractivity contribution in [3.05, 3.63) is 71.8 Å². The summed E-state index contributed by atoms with van der Waals surface area (Å²) in [6, 6.07) is 18.8. The molecule has 0 aliphatic heterocycles. The summed E-state index contributed by atoms with van der Waals surface area (Å²) in [5.41, 5.74) is 2.40.